The fourth-order valence-electron chi connectivity index (χ4n) is 3.67. The lowest BCUT2D eigenvalue weighted by Crippen LogP contribution is -2.45. The average molecular weight is 237 g/mol. The Hall–Kier alpha value is -0.0800. The van der Waals surface area contributed by atoms with Gasteiger partial charge in [-0.2, -0.15) is 0 Å². The Morgan fingerprint density at radius 2 is 1.65 bits per heavy atom. The molecule has 2 atom stereocenters. The first-order valence-corrected chi connectivity index (χ1v) is 7.64. The maximum atomic E-state index is 5.63. The van der Waals surface area contributed by atoms with Crippen molar-refractivity contribution in [3.8, 4) is 0 Å². The normalized spacial score (nSPS) is 34.2. The van der Waals surface area contributed by atoms with E-state index in [1.54, 1.807) is 0 Å². The second-order valence-corrected chi connectivity index (χ2v) is 6.41. The summed E-state index contributed by atoms with van der Waals surface area (Å²) in [5.74, 6) is 3.13. The molecular weight excluding hydrogens is 210 g/mol. The van der Waals surface area contributed by atoms with Gasteiger partial charge in [-0.15, -0.1) is 0 Å². The van der Waals surface area contributed by atoms with Crippen molar-refractivity contribution in [3.05, 3.63) is 0 Å². The minimum Gasteiger partial charge on any atom is -0.380 e. The monoisotopic (exact) mass is 237 g/mol. The van der Waals surface area contributed by atoms with Crippen LogP contribution in [-0.4, -0.2) is 25.8 Å². The molecule has 0 saturated heterocycles. The van der Waals surface area contributed by atoms with Gasteiger partial charge in [0.05, 0.1) is 6.10 Å². The second-order valence-electron chi connectivity index (χ2n) is 6.41. The van der Waals surface area contributed by atoms with Gasteiger partial charge in [-0.3, -0.25) is 0 Å². The Morgan fingerprint density at radius 1 is 1.00 bits per heavy atom. The molecule has 0 aromatic heterocycles. The molecule has 0 aromatic carbocycles. The largest absolute Gasteiger partial charge is 0.380 e. The van der Waals surface area contributed by atoms with E-state index in [2.05, 4.69) is 5.32 Å². The maximum absolute atomic E-state index is 5.63. The molecule has 2 unspecified atom stereocenters. The molecule has 1 N–H and O–H groups in total. The Balaban J connectivity index is 1.47. The molecule has 0 bridgehead atoms. The molecule has 3 rings (SSSR count). The van der Waals surface area contributed by atoms with Crippen molar-refractivity contribution in [3.63, 3.8) is 0 Å². The molecule has 3 fully saturated rings. The molecule has 2 nitrogen and oxygen atoms in total. The summed E-state index contributed by atoms with van der Waals surface area (Å²) in [7, 11) is 1.88. The summed E-state index contributed by atoms with van der Waals surface area (Å²) in [4.78, 5) is 0. The summed E-state index contributed by atoms with van der Waals surface area (Å²) in [5.41, 5.74) is 0. The lowest BCUT2D eigenvalue weighted by molar-refractivity contribution is 0.0398. The molecule has 3 aliphatic rings. The van der Waals surface area contributed by atoms with Crippen molar-refractivity contribution in [2.24, 2.45) is 17.8 Å². The Morgan fingerprint density at radius 3 is 2.24 bits per heavy atom. The summed E-state index contributed by atoms with van der Waals surface area (Å²) in [5, 5.41) is 3.84. The van der Waals surface area contributed by atoms with Gasteiger partial charge < -0.3 is 10.1 Å². The van der Waals surface area contributed by atoms with Gasteiger partial charge >= 0.3 is 0 Å². The smallest absolute Gasteiger partial charge is 0.0724 e. The van der Waals surface area contributed by atoms with Crippen LogP contribution >= 0.6 is 0 Å². The standard InChI is InChI=1S/C15H27NO/c1-17-15-5-3-2-4-14(15)16-10-13(11-6-7-11)12-8-9-12/h11-16H,2-10H2,1H3. The molecule has 0 aliphatic heterocycles. The lowest BCUT2D eigenvalue weighted by Gasteiger charge is -2.32. The van der Waals surface area contributed by atoms with E-state index in [1.807, 2.05) is 7.11 Å². The van der Waals surface area contributed by atoms with E-state index >= 15 is 0 Å². The maximum Gasteiger partial charge on any atom is 0.0724 e. The SMILES string of the molecule is COC1CCCCC1NCC(C1CC1)C1CC1. The van der Waals surface area contributed by atoms with Crippen LogP contribution in [0.4, 0.5) is 0 Å². The van der Waals surface area contributed by atoms with Crippen LogP contribution in [0.3, 0.4) is 0 Å². The second kappa shape index (κ2) is 5.27. The lowest BCUT2D eigenvalue weighted by atomic mass is 9.91. The predicted molar refractivity (Wildman–Crippen MR) is 70.0 cm³/mol. The first-order valence-electron chi connectivity index (χ1n) is 7.64. The minimum absolute atomic E-state index is 0.475. The van der Waals surface area contributed by atoms with Crippen molar-refractivity contribution in [2.45, 2.75) is 63.5 Å². The topological polar surface area (TPSA) is 21.3 Å². The van der Waals surface area contributed by atoms with Gasteiger partial charge in [0.25, 0.3) is 0 Å². The minimum atomic E-state index is 0.475. The number of hydrogen-bond donors (Lipinski definition) is 1. The van der Waals surface area contributed by atoms with Crippen LogP contribution in [0.2, 0.25) is 0 Å². The van der Waals surface area contributed by atoms with Crippen LogP contribution < -0.4 is 5.32 Å². The van der Waals surface area contributed by atoms with Gasteiger partial charge in [0.15, 0.2) is 0 Å². The highest BCUT2D eigenvalue weighted by Gasteiger charge is 2.41. The highest BCUT2D eigenvalue weighted by molar-refractivity contribution is 4.93. The predicted octanol–water partition coefficient (Wildman–Crippen LogP) is 2.97. The van der Waals surface area contributed by atoms with E-state index in [9.17, 15) is 0 Å². The molecule has 2 heteroatoms. The zero-order chi connectivity index (χ0) is 11.7. The number of ether oxygens (including phenoxy) is 1. The summed E-state index contributed by atoms with van der Waals surface area (Å²) in [6.07, 6.45) is 11.8. The molecule has 3 saturated carbocycles. The summed E-state index contributed by atoms with van der Waals surface area (Å²) < 4.78 is 5.63. The first kappa shape index (κ1) is 12.0. The zero-order valence-corrected chi connectivity index (χ0v) is 11.2. The molecule has 0 amide bonds. The van der Waals surface area contributed by atoms with E-state index < -0.39 is 0 Å². The number of nitrogens with one attached hydrogen (secondary N) is 1. The van der Waals surface area contributed by atoms with Crippen molar-refractivity contribution in [1.29, 1.82) is 0 Å². The first-order chi connectivity index (χ1) is 8.38. The number of rotatable bonds is 6. The molecular formula is C15H27NO. The zero-order valence-electron chi connectivity index (χ0n) is 11.2. The van der Waals surface area contributed by atoms with Crippen LogP contribution in [0.1, 0.15) is 51.4 Å². The third kappa shape index (κ3) is 3.03. The summed E-state index contributed by atoms with van der Waals surface area (Å²) in [6, 6.07) is 0.633. The molecule has 3 aliphatic carbocycles. The van der Waals surface area contributed by atoms with E-state index in [1.165, 1.54) is 57.9 Å². The average Bonchev–Trinajstić information content (AvgIpc) is 3.23. The third-order valence-corrected chi connectivity index (χ3v) is 5.08. The quantitative estimate of drug-likeness (QED) is 0.767. The number of methoxy groups -OCH3 is 1. The summed E-state index contributed by atoms with van der Waals surface area (Å²) >= 11 is 0. The van der Waals surface area contributed by atoms with Crippen LogP contribution in [0.15, 0.2) is 0 Å². The fourth-order valence-corrected chi connectivity index (χ4v) is 3.67. The Bertz CT molecular complexity index is 235. The Kier molecular flexibility index (Phi) is 3.72. The molecule has 98 valence electrons. The van der Waals surface area contributed by atoms with Crippen LogP contribution in [0, 0.1) is 17.8 Å². The van der Waals surface area contributed by atoms with E-state index in [4.69, 9.17) is 4.74 Å². The highest BCUT2D eigenvalue weighted by atomic mass is 16.5. The van der Waals surface area contributed by atoms with E-state index in [-0.39, 0.29) is 0 Å². The van der Waals surface area contributed by atoms with Crippen LogP contribution in [-0.2, 0) is 4.74 Å². The van der Waals surface area contributed by atoms with Crippen molar-refractivity contribution in [2.75, 3.05) is 13.7 Å². The van der Waals surface area contributed by atoms with Gasteiger partial charge in [0, 0.05) is 13.2 Å². The van der Waals surface area contributed by atoms with Gasteiger partial charge in [-0.1, -0.05) is 12.8 Å². The van der Waals surface area contributed by atoms with E-state index in [0.717, 1.165) is 17.8 Å². The number of hydrogen-bond acceptors (Lipinski definition) is 2. The van der Waals surface area contributed by atoms with Gasteiger partial charge in [-0.05, 0) is 62.8 Å². The third-order valence-electron chi connectivity index (χ3n) is 5.08. The molecule has 0 aromatic rings. The Labute approximate surface area is 105 Å². The molecule has 0 spiro atoms. The molecule has 0 radical (unpaired) electrons. The van der Waals surface area contributed by atoms with Gasteiger partial charge in [0.1, 0.15) is 0 Å². The van der Waals surface area contributed by atoms with Gasteiger partial charge in [-0.25, -0.2) is 0 Å². The van der Waals surface area contributed by atoms with Crippen LogP contribution in [0.5, 0.6) is 0 Å². The van der Waals surface area contributed by atoms with Gasteiger partial charge in [0.2, 0.25) is 0 Å². The van der Waals surface area contributed by atoms with Crippen molar-refractivity contribution >= 4 is 0 Å². The summed E-state index contributed by atoms with van der Waals surface area (Å²) in [6.45, 7) is 1.26. The fraction of sp³-hybridized carbons (Fsp3) is 1.00. The van der Waals surface area contributed by atoms with Crippen LogP contribution in [0.25, 0.3) is 0 Å². The highest BCUT2D eigenvalue weighted by Crippen LogP contribution is 2.48. The van der Waals surface area contributed by atoms with Crippen molar-refractivity contribution < 1.29 is 4.74 Å². The molecule has 0 heterocycles. The van der Waals surface area contributed by atoms with Crippen molar-refractivity contribution in [1.82, 2.24) is 5.32 Å². The van der Waals surface area contributed by atoms with E-state index in [0.29, 0.717) is 12.1 Å². The molecule has 17 heavy (non-hydrogen) atoms.